The Morgan fingerprint density at radius 1 is 1.27 bits per heavy atom. The van der Waals surface area contributed by atoms with Gasteiger partial charge in [0.25, 0.3) is 5.91 Å². The van der Waals surface area contributed by atoms with Gasteiger partial charge < -0.3 is 10.5 Å². The molecule has 0 aliphatic heterocycles. The number of rotatable bonds is 5. The van der Waals surface area contributed by atoms with Gasteiger partial charge in [0.2, 0.25) is 11.7 Å². The van der Waals surface area contributed by atoms with Crippen molar-refractivity contribution >= 4 is 33.0 Å². The number of carbonyl (C=O) groups is 1. The predicted molar refractivity (Wildman–Crippen MR) is 100.0 cm³/mol. The maximum atomic E-state index is 11.7. The summed E-state index contributed by atoms with van der Waals surface area (Å²) < 4.78 is 8.57. The molecule has 1 saturated carbocycles. The Morgan fingerprint density at radius 2 is 2.00 bits per heavy atom. The third-order valence-electron chi connectivity index (χ3n) is 4.67. The number of halogens is 1. The van der Waals surface area contributed by atoms with E-state index in [1.54, 1.807) is 0 Å². The van der Waals surface area contributed by atoms with E-state index >= 15 is 0 Å². The lowest BCUT2D eigenvalue weighted by Gasteiger charge is -2.37. The van der Waals surface area contributed by atoms with Crippen LogP contribution in [0.2, 0.25) is 0 Å². The number of hydrogen-bond acceptors (Lipinski definition) is 5. The minimum absolute atomic E-state index is 0.0721. The minimum Gasteiger partial charge on any atom is -0.470 e. The minimum atomic E-state index is -0.695. The maximum absolute atomic E-state index is 11.7. The molecule has 2 aromatic heterocycles. The molecule has 1 aromatic carbocycles. The lowest BCUT2D eigenvalue weighted by molar-refractivity contribution is 0.00829. The lowest BCUT2D eigenvalue weighted by atomic mass is 9.82. The summed E-state index contributed by atoms with van der Waals surface area (Å²) in [5, 5.41) is 0. The molecule has 1 fully saturated rings. The van der Waals surface area contributed by atoms with Crippen molar-refractivity contribution in [3.05, 3.63) is 46.5 Å². The van der Waals surface area contributed by atoms with Crippen LogP contribution in [0.25, 0.3) is 11.2 Å². The Kier molecular flexibility index (Phi) is 4.14. The summed E-state index contributed by atoms with van der Waals surface area (Å²) in [4.78, 5) is 24.8. The summed E-state index contributed by atoms with van der Waals surface area (Å²) in [5.41, 5.74) is 7.27. The SMILES string of the molecule is CC1(Oc2nc(C(N)=O)nc3c2nc(Br)n3Cc2ccccc2)CCC1. The zero-order valence-electron chi connectivity index (χ0n) is 14.3. The van der Waals surface area contributed by atoms with Crippen LogP contribution in [0.15, 0.2) is 35.1 Å². The zero-order valence-corrected chi connectivity index (χ0v) is 15.9. The number of benzene rings is 1. The number of amides is 1. The fourth-order valence-electron chi connectivity index (χ4n) is 3.05. The molecule has 26 heavy (non-hydrogen) atoms. The maximum Gasteiger partial charge on any atom is 0.286 e. The molecule has 0 spiro atoms. The number of fused-ring (bicyclic) bond motifs is 1. The van der Waals surface area contributed by atoms with E-state index in [2.05, 4.69) is 30.9 Å². The standard InChI is InChI=1S/C18H18BrN5O2/c1-18(8-5-9-18)26-16-12-15(22-14(23-16)13(20)25)24(17(19)21-12)10-11-6-3-2-4-7-11/h2-4,6-7H,5,8-10H2,1H3,(H2,20,25). The van der Waals surface area contributed by atoms with Crippen LogP contribution < -0.4 is 10.5 Å². The first-order chi connectivity index (χ1) is 12.5. The molecule has 8 heteroatoms. The fourth-order valence-corrected chi connectivity index (χ4v) is 3.52. The number of ether oxygens (including phenoxy) is 1. The molecule has 0 atom stereocenters. The molecule has 1 amide bonds. The molecule has 2 heterocycles. The summed E-state index contributed by atoms with van der Waals surface area (Å²) in [5.74, 6) is -0.463. The highest BCUT2D eigenvalue weighted by atomic mass is 79.9. The second-order valence-corrected chi connectivity index (χ2v) is 7.46. The second-order valence-electron chi connectivity index (χ2n) is 6.75. The third kappa shape index (κ3) is 3.05. The third-order valence-corrected chi connectivity index (χ3v) is 5.28. The number of aromatic nitrogens is 4. The van der Waals surface area contributed by atoms with Crippen LogP contribution in [0.5, 0.6) is 5.88 Å². The molecular weight excluding hydrogens is 398 g/mol. The van der Waals surface area contributed by atoms with E-state index in [1.165, 1.54) is 0 Å². The predicted octanol–water partition coefficient (Wildman–Crippen LogP) is 3.06. The van der Waals surface area contributed by atoms with Crippen LogP contribution >= 0.6 is 15.9 Å². The van der Waals surface area contributed by atoms with Crippen molar-refractivity contribution in [2.24, 2.45) is 5.73 Å². The van der Waals surface area contributed by atoms with Crippen molar-refractivity contribution < 1.29 is 9.53 Å². The van der Waals surface area contributed by atoms with Crippen LogP contribution in [0.4, 0.5) is 0 Å². The Hall–Kier alpha value is -2.48. The average molecular weight is 416 g/mol. The van der Waals surface area contributed by atoms with E-state index in [0.29, 0.717) is 28.3 Å². The van der Waals surface area contributed by atoms with Gasteiger partial charge in [0.05, 0.1) is 6.54 Å². The molecule has 2 N–H and O–H groups in total. The van der Waals surface area contributed by atoms with Crippen LogP contribution in [0.3, 0.4) is 0 Å². The van der Waals surface area contributed by atoms with Gasteiger partial charge >= 0.3 is 0 Å². The second kappa shape index (κ2) is 6.35. The van der Waals surface area contributed by atoms with E-state index in [0.717, 1.165) is 24.8 Å². The van der Waals surface area contributed by atoms with Crippen LogP contribution in [0.1, 0.15) is 42.4 Å². The number of hydrogen-bond donors (Lipinski definition) is 1. The van der Waals surface area contributed by atoms with E-state index in [4.69, 9.17) is 10.5 Å². The molecular formula is C18H18BrN5O2. The molecule has 1 aliphatic rings. The highest BCUT2D eigenvalue weighted by Crippen LogP contribution is 2.37. The van der Waals surface area contributed by atoms with E-state index < -0.39 is 5.91 Å². The number of imidazole rings is 1. The van der Waals surface area contributed by atoms with Gasteiger partial charge in [0.15, 0.2) is 15.9 Å². The van der Waals surface area contributed by atoms with E-state index in [9.17, 15) is 4.79 Å². The van der Waals surface area contributed by atoms with Gasteiger partial charge in [-0.2, -0.15) is 4.98 Å². The van der Waals surface area contributed by atoms with Crippen LogP contribution in [-0.4, -0.2) is 31.0 Å². The molecule has 0 saturated heterocycles. The van der Waals surface area contributed by atoms with Crippen LogP contribution in [0, 0.1) is 0 Å². The van der Waals surface area contributed by atoms with Crippen molar-refractivity contribution in [2.45, 2.75) is 38.3 Å². The van der Waals surface area contributed by atoms with Gasteiger partial charge in [-0.05, 0) is 47.7 Å². The Morgan fingerprint density at radius 3 is 2.62 bits per heavy atom. The topological polar surface area (TPSA) is 95.9 Å². The number of primary amides is 1. The summed E-state index contributed by atoms with van der Waals surface area (Å²) in [6.45, 7) is 2.58. The van der Waals surface area contributed by atoms with E-state index in [1.807, 2.05) is 41.8 Å². The van der Waals surface area contributed by atoms with Gasteiger partial charge in [0, 0.05) is 0 Å². The largest absolute Gasteiger partial charge is 0.470 e. The van der Waals surface area contributed by atoms with Crippen molar-refractivity contribution in [1.82, 2.24) is 19.5 Å². The van der Waals surface area contributed by atoms with Crippen molar-refractivity contribution in [1.29, 1.82) is 0 Å². The first-order valence-electron chi connectivity index (χ1n) is 8.42. The molecule has 0 radical (unpaired) electrons. The molecule has 134 valence electrons. The number of nitrogens with two attached hydrogens (primary N) is 1. The van der Waals surface area contributed by atoms with Gasteiger partial charge in [-0.25, -0.2) is 9.97 Å². The van der Waals surface area contributed by atoms with Crippen molar-refractivity contribution in [3.8, 4) is 5.88 Å². The molecule has 0 bridgehead atoms. The summed E-state index contributed by atoms with van der Waals surface area (Å²) in [7, 11) is 0. The number of carbonyl (C=O) groups excluding carboxylic acids is 1. The number of nitrogens with zero attached hydrogens (tertiary/aromatic N) is 4. The summed E-state index contributed by atoms with van der Waals surface area (Å²) in [6, 6.07) is 9.93. The highest BCUT2D eigenvalue weighted by molar-refractivity contribution is 9.10. The molecule has 3 aromatic rings. The summed E-state index contributed by atoms with van der Waals surface area (Å²) in [6.07, 6.45) is 2.99. The Balaban J connectivity index is 1.84. The lowest BCUT2D eigenvalue weighted by Crippen LogP contribution is -2.40. The summed E-state index contributed by atoms with van der Waals surface area (Å²) >= 11 is 3.49. The van der Waals surface area contributed by atoms with Gasteiger partial charge in [0.1, 0.15) is 5.60 Å². The van der Waals surface area contributed by atoms with Gasteiger partial charge in [-0.1, -0.05) is 30.3 Å². The smallest absolute Gasteiger partial charge is 0.286 e. The van der Waals surface area contributed by atoms with Gasteiger partial charge in [-0.15, -0.1) is 0 Å². The molecule has 1 aliphatic carbocycles. The van der Waals surface area contributed by atoms with Crippen LogP contribution in [-0.2, 0) is 6.54 Å². The van der Waals surface area contributed by atoms with E-state index in [-0.39, 0.29) is 11.4 Å². The first kappa shape index (κ1) is 17.0. The van der Waals surface area contributed by atoms with Crippen molar-refractivity contribution in [2.75, 3.05) is 0 Å². The fraction of sp³-hybridized carbons (Fsp3) is 0.333. The zero-order chi connectivity index (χ0) is 18.3. The normalized spacial score (nSPS) is 15.6. The first-order valence-corrected chi connectivity index (χ1v) is 9.21. The Labute approximate surface area is 158 Å². The molecule has 4 rings (SSSR count). The van der Waals surface area contributed by atoms with Gasteiger partial charge in [-0.3, -0.25) is 9.36 Å². The molecule has 7 nitrogen and oxygen atoms in total. The Bertz CT molecular complexity index is 982. The molecule has 0 unspecified atom stereocenters. The monoisotopic (exact) mass is 415 g/mol. The quantitative estimate of drug-likeness (QED) is 0.645. The highest BCUT2D eigenvalue weighted by Gasteiger charge is 2.36. The average Bonchev–Trinajstić information content (AvgIpc) is 2.90. The van der Waals surface area contributed by atoms with Crippen molar-refractivity contribution in [3.63, 3.8) is 0 Å².